The fourth-order valence-corrected chi connectivity index (χ4v) is 5.78. The van der Waals surface area contributed by atoms with Crippen LogP contribution in [-0.4, -0.2) is 44.8 Å². The standard InChI is InChI=1S/C38H52N2O2Si2/c1-37(2,3)43(11,12)41-35-27-31(21-15-29-17-23-33(24-18-29)39(7)8)32(28-36(35)42-44(13,14)38(4,5)6)22-16-30-19-25-34(26-20-30)40(9)10/h17-20,23-28H,1-14H3. The van der Waals surface area contributed by atoms with Crippen LogP contribution in [0.1, 0.15) is 63.8 Å². The van der Waals surface area contributed by atoms with Crippen molar-refractivity contribution in [1.82, 2.24) is 0 Å². The number of hydrogen-bond acceptors (Lipinski definition) is 4. The summed E-state index contributed by atoms with van der Waals surface area (Å²) in [4.78, 5) is 4.17. The summed E-state index contributed by atoms with van der Waals surface area (Å²) in [5.41, 5.74) is 5.83. The number of hydrogen-bond donors (Lipinski definition) is 0. The van der Waals surface area contributed by atoms with Gasteiger partial charge in [-0.2, -0.15) is 0 Å². The molecule has 4 nitrogen and oxygen atoms in total. The smallest absolute Gasteiger partial charge is 0.250 e. The number of anilines is 2. The van der Waals surface area contributed by atoms with E-state index in [4.69, 9.17) is 8.85 Å². The molecular weight excluding hydrogens is 573 g/mol. The van der Waals surface area contributed by atoms with E-state index in [0.717, 1.165) is 45.1 Å². The highest BCUT2D eigenvalue weighted by Gasteiger charge is 2.42. The summed E-state index contributed by atoms with van der Waals surface area (Å²) in [6, 6.07) is 20.7. The molecule has 234 valence electrons. The highest BCUT2D eigenvalue weighted by Crippen LogP contribution is 2.44. The molecule has 0 aliphatic carbocycles. The fraction of sp³-hybridized carbons (Fsp3) is 0.421. The van der Waals surface area contributed by atoms with E-state index in [-0.39, 0.29) is 10.1 Å². The van der Waals surface area contributed by atoms with Crippen molar-refractivity contribution in [2.75, 3.05) is 38.0 Å². The number of rotatable bonds is 6. The third-order valence-electron chi connectivity index (χ3n) is 8.88. The Bertz CT molecular complexity index is 1450. The lowest BCUT2D eigenvalue weighted by molar-refractivity contribution is 0.440. The monoisotopic (exact) mass is 624 g/mol. The predicted octanol–water partition coefficient (Wildman–Crippen LogP) is 9.39. The Morgan fingerprint density at radius 1 is 0.500 bits per heavy atom. The first kappa shape index (κ1) is 34.9. The van der Waals surface area contributed by atoms with E-state index in [1.807, 2.05) is 28.2 Å². The second-order valence-corrected chi connectivity index (χ2v) is 24.4. The predicted molar refractivity (Wildman–Crippen MR) is 196 cm³/mol. The SMILES string of the molecule is CN(C)c1ccc(C#Cc2cc(O[Si](C)(C)C(C)(C)C)c(O[Si](C)(C)C(C)(C)C)cc2C#Cc2ccc(N(C)C)cc2)cc1. The van der Waals surface area contributed by atoms with Gasteiger partial charge in [0, 0.05) is 61.8 Å². The second kappa shape index (κ2) is 13.2. The van der Waals surface area contributed by atoms with Crippen LogP contribution in [0, 0.1) is 23.7 Å². The molecule has 0 heterocycles. The zero-order valence-corrected chi connectivity index (χ0v) is 31.5. The zero-order valence-electron chi connectivity index (χ0n) is 29.5. The number of nitrogens with zero attached hydrogens (tertiary/aromatic N) is 2. The first-order valence-corrected chi connectivity index (χ1v) is 21.2. The van der Waals surface area contributed by atoms with Crippen molar-refractivity contribution in [2.24, 2.45) is 0 Å². The molecule has 0 aromatic heterocycles. The molecule has 0 atom stereocenters. The van der Waals surface area contributed by atoms with Crippen molar-refractivity contribution in [3.8, 4) is 35.2 Å². The molecule has 0 bridgehead atoms. The molecule has 6 heteroatoms. The van der Waals surface area contributed by atoms with Crippen LogP contribution in [0.2, 0.25) is 36.3 Å². The van der Waals surface area contributed by atoms with E-state index in [9.17, 15) is 0 Å². The van der Waals surface area contributed by atoms with Crippen LogP contribution >= 0.6 is 0 Å². The Hall–Kier alpha value is -3.59. The lowest BCUT2D eigenvalue weighted by Crippen LogP contribution is -2.45. The van der Waals surface area contributed by atoms with Crippen LogP contribution in [0.5, 0.6) is 11.5 Å². The van der Waals surface area contributed by atoms with Gasteiger partial charge in [-0.15, -0.1) is 0 Å². The second-order valence-electron chi connectivity index (χ2n) is 15.0. The largest absolute Gasteiger partial charge is 0.541 e. The van der Waals surface area contributed by atoms with Crippen molar-refractivity contribution in [2.45, 2.75) is 77.8 Å². The Balaban J connectivity index is 2.24. The van der Waals surface area contributed by atoms with Crippen molar-refractivity contribution >= 4 is 28.0 Å². The van der Waals surface area contributed by atoms with E-state index in [2.05, 4.69) is 162 Å². The van der Waals surface area contributed by atoms with E-state index in [1.165, 1.54) is 0 Å². The van der Waals surface area contributed by atoms with Gasteiger partial charge in [0.05, 0.1) is 0 Å². The summed E-state index contributed by atoms with van der Waals surface area (Å²) in [6.45, 7) is 22.6. The van der Waals surface area contributed by atoms with Gasteiger partial charge in [-0.05, 0) is 96.9 Å². The molecule has 0 aliphatic rings. The van der Waals surface area contributed by atoms with Crippen LogP contribution in [0.25, 0.3) is 0 Å². The highest BCUT2D eigenvalue weighted by atomic mass is 28.4. The molecule has 0 saturated carbocycles. The summed E-state index contributed by atoms with van der Waals surface area (Å²) in [7, 11) is 3.78. The summed E-state index contributed by atoms with van der Waals surface area (Å²) in [5, 5.41) is 0.0525. The molecule has 44 heavy (non-hydrogen) atoms. The van der Waals surface area contributed by atoms with Crippen molar-refractivity contribution in [1.29, 1.82) is 0 Å². The summed E-state index contributed by atoms with van der Waals surface area (Å²) in [6.07, 6.45) is 0. The van der Waals surface area contributed by atoms with Gasteiger partial charge in [0.15, 0.2) is 0 Å². The Kier molecular flexibility index (Phi) is 10.5. The fourth-order valence-electron chi connectivity index (χ4n) is 3.75. The maximum atomic E-state index is 6.95. The average Bonchev–Trinajstić information content (AvgIpc) is 2.91. The maximum absolute atomic E-state index is 6.95. The molecule has 0 unspecified atom stereocenters. The highest BCUT2D eigenvalue weighted by molar-refractivity contribution is 6.75. The molecule has 0 fully saturated rings. The third-order valence-corrected chi connectivity index (χ3v) is 17.6. The van der Waals surface area contributed by atoms with Crippen molar-refractivity contribution in [3.05, 3.63) is 82.9 Å². The normalized spacial score (nSPS) is 12.0. The summed E-state index contributed by atoms with van der Waals surface area (Å²) < 4.78 is 13.9. The van der Waals surface area contributed by atoms with E-state index in [1.54, 1.807) is 0 Å². The van der Waals surface area contributed by atoms with E-state index < -0.39 is 16.6 Å². The molecule has 0 N–H and O–H groups in total. The van der Waals surface area contributed by atoms with Crippen LogP contribution < -0.4 is 18.7 Å². The molecular formula is C38H52N2O2Si2. The minimum absolute atomic E-state index is 0.0263. The summed E-state index contributed by atoms with van der Waals surface area (Å²) in [5.74, 6) is 15.2. The maximum Gasteiger partial charge on any atom is 0.250 e. The minimum Gasteiger partial charge on any atom is -0.541 e. The van der Waals surface area contributed by atoms with E-state index in [0.29, 0.717) is 0 Å². The lowest BCUT2D eigenvalue weighted by Gasteiger charge is -2.39. The molecule has 0 radical (unpaired) electrons. The van der Waals surface area contributed by atoms with Crippen molar-refractivity contribution in [3.63, 3.8) is 0 Å². The van der Waals surface area contributed by atoms with Gasteiger partial charge in [-0.1, -0.05) is 65.2 Å². The van der Waals surface area contributed by atoms with Crippen LogP contribution in [0.15, 0.2) is 60.7 Å². The van der Waals surface area contributed by atoms with Crippen molar-refractivity contribution < 1.29 is 8.85 Å². The van der Waals surface area contributed by atoms with Gasteiger partial charge in [0.1, 0.15) is 11.5 Å². The molecule has 0 aliphatic heterocycles. The quantitative estimate of drug-likeness (QED) is 0.202. The van der Waals surface area contributed by atoms with Crippen LogP contribution in [-0.2, 0) is 0 Å². The van der Waals surface area contributed by atoms with Crippen LogP contribution in [0.4, 0.5) is 11.4 Å². The first-order chi connectivity index (χ1) is 20.2. The van der Waals surface area contributed by atoms with Gasteiger partial charge in [0.25, 0.3) is 16.6 Å². The zero-order chi connectivity index (χ0) is 33.1. The molecule has 3 aromatic rings. The molecule has 3 rings (SSSR count). The first-order valence-electron chi connectivity index (χ1n) is 15.3. The molecule has 0 amide bonds. The Labute approximate surface area is 270 Å². The topological polar surface area (TPSA) is 24.9 Å². The van der Waals surface area contributed by atoms with Gasteiger partial charge in [-0.25, -0.2) is 0 Å². The average molecular weight is 625 g/mol. The Morgan fingerprint density at radius 3 is 1.05 bits per heavy atom. The molecule has 0 spiro atoms. The third kappa shape index (κ3) is 8.75. The van der Waals surface area contributed by atoms with Gasteiger partial charge < -0.3 is 18.7 Å². The van der Waals surface area contributed by atoms with E-state index >= 15 is 0 Å². The van der Waals surface area contributed by atoms with Gasteiger partial charge in [-0.3, -0.25) is 0 Å². The Morgan fingerprint density at radius 2 is 0.795 bits per heavy atom. The molecule has 3 aromatic carbocycles. The lowest BCUT2D eigenvalue weighted by atomic mass is 10.1. The molecule has 0 saturated heterocycles. The van der Waals surface area contributed by atoms with Gasteiger partial charge in [0.2, 0.25) is 0 Å². The number of benzene rings is 3. The summed E-state index contributed by atoms with van der Waals surface area (Å²) >= 11 is 0. The van der Waals surface area contributed by atoms with Gasteiger partial charge >= 0.3 is 0 Å². The minimum atomic E-state index is -2.19. The van der Waals surface area contributed by atoms with Crippen LogP contribution in [0.3, 0.4) is 0 Å².